The number of azo groups is 1. The van der Waals surface area contributed by atoms with Gasteiger partial charge in [-0.3, -0.25) is 4.98 Å². The molecule has 24 heavy (non-hydrogen) atoms. The Morgan fingerprint density at radius 1 is 0.958 bits per heavy atom. The molecule has 3 aromatic rings. The van der Waals surface area contributed by atoms with Crippen molar-refractivity contribution in [1.29, 1.82) is 0 Å². The molecule has 0 saturated heterocycles. The van der Waals surface area contributed by atoms with Gasteiger partial charge in [0, 0.05) is 18.1 Å². The highest BCUT2D eigenvalue weighted by molar-refractivity contribution is 6.33. The molecule has 0 aliphatic carbocycles. The Morgan fingerprint density at radius 3 is 2.33 bits per heavy atom. The molecule has 10 heteroatoms. The van der Waals surface area contributed by atoms with Crippen LogP contribution in [0.1, 0.15) is 0 Å². The summed E-state index contributed by atoms with van der Waals surface area (Å²) in [7, 11) is 0. The maximum atomic E-state index is 6.04. The Labute approximate surface area is 141 Å². The summed E-state index contributed by atoms with van der Waals surface area (Å²) in [5.74, 6) is 0.388. The van der Waals surface area contributed by atoms with Crippen LogP contribution in [0.25, 0.3) is 11.5 Å². The molecule has 3 rings (SSSR count). The maximum absolute atomic E-state index is 6.04. The number of nitrogen functional groups attached to an aromatic ring is 3. The van der Waals surface area contributed by atoms with Crippen molar-refractivity contribution >= 4 is 40.3 Å². The number of halogens is 1. The third-order valence-electron chi connectivity index (χ3n) is 2.96. The summed E-state index contributed by atoms with van der Waals surface area (Å²) < 4.78 is 0. The average molecular weight is 342 g/mol. The number of hydrogen-bond acceptors (Lipinski definition) is 9. The van der Waals surface area contributed by atoms with Crippen molar-refractivity contribution in [3.63, 3.8) is 0 Å². The topological polar surface area (TPSA) is 154 Å². The zero-order chi connectivity index (χ0) is 17.1. The van der Waals surface area contributed by atoms with Gasteiger partial charge in [0.1, 0.15) is 11.4 Å². The van der Waals surface area contributed by atoms with Crippen molar-refractivity contribution in [2.24, 2.45) is 10.2 Å². The first-order valence-electron chi connectivity index (χ1n) is 6.70. The van der Waals surface area contributed by atoms with Crippen LogP contribution < -0.4 is 17.2 Å². The van der Waals surface area contributed by atoms with Gasteiger partial charge >= 0.3 is 0 Å². The quantitative estimate of drug-likeness (QED) is 0.488. The number of benzene rings is 1. The van der Waals surface area contributed by atoms with Crippen LogP contribution in [0.15, 0.2) is 47.0 Å². The molecule has 0 saturated carbocycles. The van der Waals surface area contributed by atoms with Crippen molar-refractivity contribution in [2.75, 3.05) is 17.2 Å². The molecular formula is C14H12ClN9. The van der Waals surface area contributed by atoms with E-state index in [1.807, 2.05) is 0 Å². The van der Waals surface area contributed by atoms with Gasteiger partial charge in [-0.05, 0) is 18.2 Å². The molecule has 9 nitrogen and oxygen atoms in total. The van der Waals surface area contributed by atoms with Gasteiger partial charge in [0.15, 0.2) is 23.1 Å². The van der Waals surface area contributed by atoms with E-state index in [-0.39, 0.29) is 23.1 Å². The molecule has 2 aromatic heterocycles. The lowest BCUT2D eigenvalue weighted by atomic mass is 10.3. The smallest absolute Gasteiger partial charge is 0.183 e. The van der Waals surface area contributed by atoms with Gasteiger partial charge in [-0.15, -0.1) is 10.2 Å². The van der Waals surface area contributed by atoms with Crippen LogP contribution in [0.5, 0.6) is 0 Å². The number of nitrogens with two attached hydrogens (primary N) is 3. The van der Waals surface area contributed by atoms with Gasteiger partial charge in [0.25, 0.3) is 0 Å². The minimum atomic E-state index is 0.0680. The highest BCUT2D eigenvalue weighted by Gasteiger charge is 2.12. The standard InChI is InChI=1S/C14H12ClN9/c15-8-5-7(16)1-2-9(8)23-24-11-12(17)21-14(22-13(11)18)10-6-19-3-4-20-10/h1-6H,16H2,(H4,17,18,21,22). The van der Waals surface area contributed by atoms with Gasteiger partial charge < -0.3 is 17.2 Å². The van der Waals surface area contributed by atoms with Crippen molar-refractivity contribution in [3.8, 4) is 11.5 Å². The van der Waals surface area contributed by atoms with Gasteiger partial charge in [0.05, 0.1) is 11.2 Å². The summed E-state index contributed by atoms with van der Waals surface area (Å²) in [5, 5.41) is 8.35. The first kappa shape index (κ1) is 15.6. The lowest BCUT2D eigenvalue weighted by Gasteiger charge is -2.05. The third kappa shape index (κ3) is 3.20. The van der Waals surface area contributed by atoms with E-state index in [1.54, 1.807) is 18.2 Å². The maximum Gasteiger partial charge on any atom is 0.183 e. The Bertz CT molecular complexity index is 888. The van der Waals surface area contributed by atoms with E-state index in [9.17, 15) is 0 Å². The van der Waals surface area contributed by atoms with E-state index in [0.29, 0.717) is 22.1 Å². The molecule has 6 N–H and O–H groups in total. The average Bonchev–Trinajstić information content (AvgIpc) is 2.56. The van der Waals surface area contributed by atoms with Gasteiger partial charge in [-0.25, -0.2) is 15.0 Å². The summed E-state index contributed by atoms with van der Waals surface area (Å²) in [6.07, 6.45) is 4.56. The second-order valence-electron chi connectivity index (χ2n) is 4.67. The zero-order valence-corrected chi connectivity index (χ0v) is 13.0. The fraction of sp³-hybridized carbons (Fsp3) is 0. The van der Waals surface area contributed by atoms with Crippen LogP contribution >= 0.6 is 11.6 Å². The Morgan fingerprint density at radius 2 is 1.71 bits per heavy atom. The van der Waals surface area contributed by atoms with E-state index in [4.69, 9.17) is 28.8 Å². The Kier molecular flexibility index (Phi) is 4.17. The molecule has 0 spiro atoms. The molecule has 0 aliphatic rings. The van der Waals surface area contributed by atoms with Gasteiger partial charge in [0.2, 0.25) is 0 Å². The van der Waals surface area contributed by atoms with Crippen LogP contribution in [0.2, 0.25) is 5.02 Å². The highest BCUT2D eigenvalue weighted by atomic mass is 35.5. The molecule has 2 heterocycles. The Hall–Kier alpha value is -3.33. The predicted octanol–water partition coefficient (Wildman–Crippen LogP) is 2.75. The monoisotopic (exact) mass is 341 g/mol. The Balaban J connectivity index is 1.96. The zero-order valence-electron chi connectivity index (χ0n) is 12.3. The summed E-state index contributed by atoms with van der Waals surface area (Å²) in [6, 6.07) is 4.85. The van der Waals surface area contributed by atoms with Crippen LogP contribution in [0.4, 0.5) is 28.7 Å². The normalized spacial score (nSPS) is 11.0. The fourth-order valence-corrected chi connectivity index (χ4v) is 2.06. The molecule has 0 unspecified atom stereocenters. The third-order valence-corrected chi connectivity index (χ3v) is 3.26. The molecule has 0 atom stereocenters. The van der Waals surface area contributed by atoms with Crippen LogP contribution in [0.3, 0.4) is 0 Å². The lowest BCUT2D eigenvalue weighted by molar-refractivity contribution is 1.10. The van der Waals surface area contributed by atoms with E-state index in [1.165, 1.54) is 18.6 Å². The van der Waals surface area contributed by atoms with Crippen LogP contribution in [0, 0.1) is 0 Å². The second-order valence-corrected chi connectivity index (χ2v) is 5.08. The minimum absolute atomic E-state index is 0.0680. The SMILES string of the molecule is Nc1ccc(N=Nc2c(N)nc(-c3cnccn3)nc2N)c(Cl)c1. The van der Waals surface area contributed by atoms with E-state index in [2.05, 4.69) is 30.2 Å². The number of hydrogen-bond donors (Lipinski definition) is 3. The van der Waals surface area contributed by atoms with Gasteiger partial charge in [-0.1, -0.05) is 11.6 Å². The molecule has 0 bridgehead atoms. The molecule has 120 valence electrons. The van der Waals surface area contributed by atoms with Crippen molar-refractivity contribution in [2.45, 2.75) is 0 Å². The molecule has 0 amide bonds. The summed E-state index contributed by atoms with van der Waals surface area (Å²) in [6.45, 7) is 0. The number of aromatic nitrogens is 4. The molecule has 0 aliphatic heterocycles. The minimum Gasteiger partial charge on any atom is -0.399 e. The molecule has 0 radical (unpaired) electrons. The van der Waals surface area contributed by atoms with Gasteiger partial charge in [-0.2, -0.15) is 0 Å². The largest absolute Gasteiger partial charge is 0.399 e. The van der Waals surface area contributed by atoms with Crippen molar-refractivity contribution in [3.05, 3.63) is 41.8 Å². The lowest BCUT2D eigenvalue weighted by Crippen LogP contribution is -2.02. The van der Waals surface area contributed by atoms with Crippen molar-refractivity contribution < 1.29 is 0 Å². The first-order chi connectivity index (χ1) is 11.5. The summed E-state index contributed by atoms with van der Waals surface area (Å²) >= 11 is 6.04. The van der Waals surface area contributed by atoms with E-state index >= 15 is 0 Å². The number of nitrogens with zero attached hydrogens (tertiary/aromatic N) is 6. The van der Waals surface area contributed by atoms with Crippen molar-refractivity contribution in [1.82, 2.24) is 19.9 Å². The van der Waals surface area contributed by atoms with E-state index < -0.39 is 0 Å². The second kappa shape index (κ2) is 6.42. The number of rotatable bonds is 3. The molecular weight excluding hydrogens is 330 g/mol. The van der Waals surface area contributed by atoms with Crippen LogP contribution in [-0.4, -0.2) is 19.9 Å². The van der Waals surface area contributed by atoms with E-state index in [0.717, 1.165) is 0 Å². The first-order valence-corrected chi connectivity index (χ1v) is 7.08. The highest BCUT2D eigenvalue weighted by Crippen LogP contribution is 2.32. The predicted molar refractivity (Wildman–Crippen MR) is 91.9 cm³/mol. The summed E-state index contributed by atoms with van der Waals surface area (Å²) in [5.41, 5.74) is 19.0. The summed E-state index contributed by atoms with van der Waals surface area (Å²) in [4.78, 5) is 16.3. The molecule has 1 aromatic carbocycles. The van der Waals surface area contributed by atoms with Crippen LogP contribution in [-0.2, 0) is 0 Å². The molecule has 0 fully saturated rings. The number of anilines is 3. The fourth-order valence-electron chi connectivity index (χ4n) is 1.83.